The molecule has 0 radical (unpaired) electrons. The standard InChI is InChI=1S/C27H45N3O4/c1-9-12-17-28-24(31)23(21-15-13-20(10-2)14-16-21)30(11-3)25(32)22(18-19(4)5)29-26(33)34-27(6,7)8/h13-16,19,22-23H,9-12,17-18H2,1-8H3,(H,28,31)(H,29,33). The molecular weight excluding hydrogens is 430 g/mol. The normalized spacial score (nSPS) is 13.2. The maximum Gasteiger partial charge on any atom is 0.408 e. The smallest absolute Gasteiger partial charge is 0.408 e. The van der Waals surface area contributed by atoms with Crippen LogP contribution in [0.2, 0.25) is 0 Å². The number of carbonyl (C=O) groups is 3. The van der Waals surface area contributed by atoms with Crippen molar-refractivity contribution in [2.45, 2.75) is 98.8 Å². The first-order valence-electron chi connectivity index (χ1n) is 12.6. The number of ether oxygens (including phenoxy) is 1. The zero-order valence-electron chi connectivity index (χ0n) is 22.4. The van der Waals surface area contributed by atoms with Crippen molar-refractivity contribution >= 4 is 17.9 Å². The van der Waals surface area contributed by atoms with Crippen molar-refractivity contribution in [3.63, 3.8) is 0 Å². The Bertz CT molecular complexity index is 784. The van der Waals surface area contributed by atoms with Crippen LogP contribution in [0.4, 0.5) is 4.79 Å². The average molecular weight is 476 g/mol. The zero-order chi connectivity index (χ0) is 25.9. The van der Waals surface area contributed by atoms with E-state index in [0.29, 0.717) is 19.5 Å². The molecule has 1 aromatic rings. The van der Waals surface area contributed by atoms with Gasteiger partial charge in [-0.15, -0.1) is 0 Å². The van der Waals surface area contributed by atoms with Crippen molar-refractivity contribution in [2.24, 2.45) is 5.92 Å². The lowest BCUT2D eigenvalue weighted by atomic mass is 9.98. The number of benzene rings is 1. The Labute approximate surface area is 206 Å². The lowest BCUT2D eigenvalue weighted by molar-refractivity contribution is -0.142. The summed E-state index contributed by atoms with van der Waals surface area (Å²) in [7, 11) is 0. The van der Waals surface area contributed by atoms with Crippen LogP contribution in [0.5, 0.6) is 0 Å². The first-order chi connectivity index (χ1) is 15.9. The quantitative estimate of drug-likeness (QED) is 0.417. The van der Waals surface area contributed by atoms with Gasteiger partial charge < -0.3 is 20.3 Å². The number of nitrogens with zero attached hydrogens (tertiary/aromatic N) is 1. The largest absolute Gasteiger partial charge is 0.444 e. The second-order valence-electron chi connectivity index (χ2n) is 10.1. The molecule has 0 heterocycles. The summed E-state index contributed by atoms with van der Waals surface area (Å²) in [4.78, 5) is 41.1. The van der Waals surface area contributed by atoms with Gasteiger partial charge in [0.2, 0.25) is 11.8 Å². The molecule has 0 aliphatic carbocycles. The van der Waals surface area contributed by atoms with E-state index >= 15 is 0 Å². The van der Waals surface area contributed by atoms with Crippen LogP contribution in [0.15, 0.2) is 24.3 Å². The summed E-state index contributed by atoms with van der Waals surface area (Å²) >= 11 is 0. The first-order valence-corrected chi connectivity index (χ1v) is 12.6. The Morgan fingerprint density at radius 3 is 2.12 bits per heavy atom. The third-order valence-corrected chi connectivity index (χ3v) is 5.41. The molecule has 1 rings (SSSR count). The fourth-order valence-corrected chi connectivity index (χ4v) is 3.70. The highest BCUT2D eigenvalue weighted by Crippen LogP contribution is 2.24. The number of hydrogen-bond donors (Lipinski definition) is 2. The number of likely N-dealkylation sites (N-methyl/N-ethyl adjacent to an activating group) is 1. The number of nitrogens with one attached hydrogen (secondary N) is 2. The topological polar surface area (TPSA) is 87.7 Å². The molecule has 2 unspecified atom stereocenters. The van der Waals surface area contributed by atoms with Crippen molar-refractivity contribution in [2.75, 3.05) is 13.1 Å². The summed E-state index contributed by atoms with van der Waals surface area (Å²) in [6.45, 7) is 16.2. The second-order valence-corrected chi connectivity index (χ2v) is 10.1. The summed E-state index contributed by atoms with van der Waals surface area (Å²) < 4.78 is 5.40. The monoisotopic (exact) mass is 475 g/mol. The Morgan fingerprint density at radius 2 is 1.65 bits per heavy atom. The molecule has 3 amide bonds. The maximum absolute atomic E-state index is 13.8. The molecule has 0 aliphatic heterocycles. The molecule has 2 atom stereocenters. The molecule has 0 saturated heterocycles. The van der Waals surface area contributed by atoms with E-state index in [9.17, 15) is 14.4 Å². The number of aryl methyl sites for hydroxylation is 1. The lowest BCUT2D eigenvalue weighted by Gasteiger charge is -2.34. The minimum Gasteiger partial charge on any atom is -0.444 e. The van der Waals surface area contributed by atoms with Crippen molar-refractivity contribution < 1.29 is 19.1 Å². The van der Waals surface area contributed by atoms with Gasteiger partial charge >= 0.3 is 6.09 Å². The molecule has 1 aromatic carbocycles. The highest BCUT2D eigenvalue weighted by atomic mass is 16.6. The molecule has 7 heteroatoms. The van der Waals surface area contributed by atoms with Gasteiger partial charge in [-0.25, -0.2) is 4.79 Å². The minimum absolute atomic E-state index is 0.156. The van der Waals surface area contributed by atoms with E-state index < -0.39 is 23.8 Å². The summed E-state index contributed by atoms with van der Waals surface area (Å²) in [6, 6.07) is 6.23. The third-order valence-electron chi connectivity index (χ3n) is 5.41. The van der Waals surface area contributed by atoms with E-state index in [0.717, 1.165) is 30.4 Å². The van der Waals surface area contributed by atoms with E-state index in [2.05, 4.69) is 24.5 Å². The van der Waals surface area contributed by atoms with E-state index in [-0.39, 0.29) is 17.7 Å². The predicted molar refractivity (Wildman–Crippen MR) is 136 cm³/mol. The van der Waals surface area contributed by atoms with Gasteiger partial charge in [-0.3, -0.25) is 9.59 Å². The summed E-state index contributed by atoms with van der Waals surface area (Å²) in [5, 5.41) is 5.74. The van der Waals surface area contributed by atoms with Crippen molar-refractivity contribution in [3.05, 3.63) is 35.4 Å². The molecule has 192 valence electrons. The van der Waals surface area contributed by atoms with Crippen LogP contribution < -0.4 is 10.6 Å². The zero-order valence-corrected chi connectivity index (χ0v) is 22.4. The maximum atomic E-state index is 13.8. The molecule has 0 bridgehead atoms. The van der Waals surface area contributed by atoms with E-state index in [1.165, 1.54) is 0 Å². The molecular formula is C27H45N3O4. The minimum atomic E-state index is -0.796. The van der Waals surface area contributed by atoms with Gasteiger partial charge in [0.05, 0.1) is 0 Å². The fraction of sp³-hybridized carbons (Fsp3) is 0.667. The van der Waals surface area contributed by atoms with Gasteiger partial charge in [0.25, 0.3) is 0 Å². The van der Waals surface area contributed by atoms with Gasteiger partial charge in [0, 0.05) is 13.1 Å². The van der Waals surface area contributed by atoms with Gasteiger partial charge in [-0.2, -0.15) is 0 Å². The number of hydrogen-bond acceptors (Lipinski definition) is 4. The molecule has 34 heavy (non-hydrogen) atoms. The number of amides is 3. The number of alkyl carbamates (subject to hydrolysis) is 1. The van der Waals surface area contributed by atoms with E-state index in [1.54, 1.807) is 25.7 Å². The summed E-state index contributed by atoms with van der Waals surface area (Å²) in [5.41, 5.74) is 1.23. The SMILES string of the molecule is CCCCNC(=O)C(c1ccc(CC)cc1)N(CC)C(=O)C(CC(C)C)NC(=O)OC(C)(C)C. The van der Waals surface area contributed by atoms with Crippen LogP contribution in [0.25, 0.3) is 0 Å². The van der Waals surface area contributed by atoms with Crippen LogP contribution in [0, 0.1) is 5.92 Å². The molecule has 0 fully saturated rings. The van der Waals surface area contributed by atoms with Gasteiger partial charge in [0.1, 0.15) is 17.7 Å². The predicted octanol–water partition coefficient (Wildman–Crippen LogP) is 4.99. The number of rotatable bonds is 12. The highest BCUT2D eigenvalue weighted by Gasteiger charge is 2.35. The lowest BCUT2D eigenvalue weighted by Crippen LogP contribution is -2.53. The number of unbranched alkanes of at least 4 members (excludes halogenated alkanes) is 1. The fourth-order valence-electron chi connectivity index (χ4n) is 3.70. The molecule has 7 nitrogen and oxygen atoms in total. The first kappa shape index (κ1) is 29.5. The van der Waals surface area contributed by atoms with Crippen LogP contribution in [0.1, 0.15) is 91.8 Å². The third kappa shape index (κ3) is 9.74. The molecule has 0 spiro atoms. The Morgan fingerprint density at radius 1 is 1.03 bits per heavy atom. The molecule has 0 aromatic heterocycles. The van der Waals surface area contributed by atoms with Crippen molar-refractivity contribution in [3.8, 4) is 0 Å². The molecule has 0 aliphatic rings. The van der Waals surface area contributed by atoms with Crippen LogP contribution in [0.3, 0.4) is 0 Å². The average Bonchev–Trinajstić information content (AvgIpc) is 2.75. The highest BCUT2D eigenvalue weighted by molar-refractivity contribution is 5.92. The second kappa shape index (κ2) is 14.0. The Balaban J connectivity index is 3.30. The van der Waals surface area contributed by atoms with Crippen molar-refractivity contribution in [1.82, 2.24) is 15.5 Å². The van der Waals surface area contributed by atoms with Crippen LogP contribution >= 0.6 is 0 Å². The Kier molecular flexibility index (Phi) is 12.1. The summed E-state index contributed by atoms with van der Waals surface area (Å²) in [6.07, 6.45) is 2.51. The van der Waals surface area contributed by atoms with Gasteiger partial charge in [-0.05, 0) is 64.0 Å². The summed E-state index contributed by atoms with van der Waals surface area (Å²) in [5.74, 6) is -0.353. The van der Waals surface area contributed by atoms with Gasteiger partial charge in [-0.1, -0.05) is 58.4 Å². The molecule has 0 saturated carbocycles. The van der Waals surface area contributed by atoms with Crippen LogP contribution in [-0.2, 0) is 20.7 Å². The van der Waals surface area contributed by atoms with E-state index in [1.807, 2.05) is 45.0 Å². The van der Waals surface area contributed by atoms with E-state index in [4.69, 9.17) is 4.74 Å². The van der Waals surface area contributed by atoms with Gasteiger partial charge in [0.15, 0.2) is 0 Å². The Hall–Kier alpha value is -2.57. The number of carbonyl (C=O) groups excluding carboxylic acids is 3. The van der Waals surface area contributed by atoms with Crippen LogP contribution in [-0.4, -0.2) is 47.5 Å². The van der Waals surface area contributed by atoms with Crippen molar-refractivity contribution in [1.29, 1.82) is 0 Å². The molecule has 2 N–H and O–H groups in total.